The van der Waals surface area contributed by atoms with Crippen molar-refractivity contribution in [3.05, 3.63) is 0 Å². The van der Waals surface area contributed by atoms with Crippen LogP contribution in [-0.4, -0.2) is 43.1 Å². The van der Waals surface area contributed by atoms with E-state index in [1.807, 2.05) is 0 Å². The first kappa shape index (κ1) is 27.2. The van der Waals surface area contributed by atoms with Gasteiger partial charge >= 0.3 is 51.4 Å². The van der Waals surface area contributed by atoms with E-state index in [0.717, 1.165) is 19.3 Å². The molecule has 7 heteroatoms. The third kappa shape index (κ3) is 19.3. The molecule has 0 saturated carbocycles. The molecule has 0 saturated heterocycles. The minimum absolute atomic E-state index is 0. The average Bonchev–Trinajstić information content (AvgIpc) is 2.49. The molecule has 0 unspecified atom stereocenters. The van der Waals surface area contributed by atoms with Crippen molar-refractivity contribution in [1.29, 1.82) is 0 Å². The molecule has 0 spiro atoms. The number of carbonyl (C=O) groups is 1. The predicted octanol–water partition coefficient (Wildman–Crippen LogP) is 0.695. The summed E-state index contributed by atoms with van der Waals surface area (Å²) in [6, 6.07) is 0. The first-order chi connectivity index (χ1) is 10.9. The number of amides is 1. The van der Waals surface area contributed by atoms with Crippen LogP contribution in [0.5, 0.6) is 0 Å². The van der Waals surface area contributed by atoms with Crippen molar-refractivity contribution < 1.29 is 69.1 Å². The normalized spacial score (nSPS) is 11.1. The first-order valence-electron chi connectivity index (χ1n) is 9.04. The minimum atomic E-state index is -4.24. The molecule has 0 radical (unpaired) electrons. The Morgan fingerprint density at radius 3 is 1.71 bits per heavy atom. The van der Waals surface area contributed by atoms with E-state index in [9.17, 15) is 17.8 Å². The smallest absolute Gasteiger partial charge is 0.748 e. The monoisotopic (exact) mass is 387 g/mol. The van der Waals surface area contributed by atoms with Gasteiger partial charge in [-0.2, -0.15) is 0 Å². The molecular formula is C17H34KNO4S. The topological polar surface area (TPSA) is 77.5 Å². The Morgan fingerprint density at radius 2 is 1.29 bits per heavy atom. The van der Waals surface area contributed by atoms with Crippen molar-refractivity contribution in [1.82, 2.24) is 4.90 Å². The Kier molecular flexibility index (Phi) is 19.8. The standard InChI is InChI=1S/C17H35NO4S.K/c1-3-4-5-6-7-8-9-10-11-12-13-14-17(19)18(2)15-16-23(20,21)22;/h3-16H2,1-2H3,(H,20,21,22);/q;+1/p-1. The fourth-order valence-corrected chi connectivity index (χ4v) is 3.00. The van der Waals surface area contributed by atoms with E-state index >= 15 is 0 Å². The molecule has 0 aromatic carbocycles. The van der Waals surface area contributed by atoms with Gasteiger partial charge in [0, 0.05) is 20.0 Å². The maximum absolute atomic E-state index is 11.7. The number of hydrogen-bond donors (Lipinski definition) is 0. The van der Waals surface area contributed by atoms with Gasteiger partial charge in [0.05, 0.1) is 15.9 Å². The van der Waals surface area contributed by atoms with Crippen molar-refractivity contribution >= 4 is 16.0 Å². The molecule has 0 atom stereocenters. The number of rotatable bonds is 15. The zero-order valence-corrected chi connectivity index (χ0v) is 19.8. The van der Waals surface area contributed by atoms with Gasteiger partial charge in [-0.25, -0.2) is 8.42 Å². The molecule has 1 amide bonds. The van der Waals surface area contributed by atoms with Gasteiger partial charge < -0.3 is 9.45 Å². The SMILES string of the molecule is CCCCCCCCCCCCCC(=O)N(C)CCS(=O)(=O)[O-].[K+]. The van der Waals surface area contributed by atoms with E-state index in [4.69, 9.17) is 0 Å². The molecule has 0 aliphatic heterocycles. The Hall–Kier alpha value is 1.02. The van der Waals surface area contributed by atoms with Gasteiger partial charge in [0.25, 0.3) is 0 Å². The molecule has 5 nitrogen and oxygen atoms in total. The number of carbonyl (C=O) groups excluding carboxylic acids is 1. The van der Waals surface area contributed by atoms with Crippen molar-refractivity contribution in [2.24, 2.45) is 0 Å². The first-order valence-corrected chi connectivity index (χ1v) is 10.6. The molecule has 0 aliphatic carbocycles. The number of unbranched alkanes of at least 4 members (excludes halogenated alkanes) is 10. The summed E-state index contributed by atoms with van der Waals surface area (Å²) < 4.78 is 31.6. The molecule has 0 rings (SSSR count). The van der Waals surface area contributed by atoms with Gasteiger partial charge in [0.1, 0.15) is 0 Å². The third-order valence-corrected chi connectivity index (χ3v) is 4.78. The summed E-state index contributed by atoms with van der Waals surface area (Å²) in [5.41, 5.74) is 0. The summed E-state index contributed by atoms with van der Waals surface area (Å²) in [6.45, 7) is 2.22. The van der Waals surface area contributed by atoms with Gasteiger partial charge in [0.2, 0.25) is 5.91 Å². The second-order valence-corrected chi connectivity index (χ2v) is 7.89. The Balaban J connectivity index is 0. The molecule has 0 heterocycles. The van der Waals surface area contributed by atoms with Gasteiger partial charge in [-0.1, -0.05) is 71.1 Å². The zero-order valence-electron chi connectivity index (χ0n) is 15.9. The van der Waals surface area contributed by atoms with E-state index in [-0.39, 0.29) is 63.8 Å². The van der Waals surface area contributed by atoms with Crippen LogP contribution >= 0.6 is 0 Å². The molecule has 24 heavy (non-hydrogen) atoms. The quantitative estimate of drug-likeness (QED) is 0.235. The average molecular weight is 388 g/mol. The van der Waals surface area contributed by atoms with Crippen LogP contribution in [0.25, 0.3) is 0 Å². The number of nitrogens with zero attached hydrogens (tertiary/aromatic N) is 1. The van der Waals surface area contributed by atoms with Crippen molar-refractivity contribution in [2.75, 3.05) is 19.3 Å². The van der Waals surface area contributed by atoms with Gasteiger partial charge in [0.15, 0.2) is 0 Å². The molecule has 0 aliphatic rings. The summed E-state index contributed by atoms with van der Waals surface area (Å²) >= 11 is 0. The molecule has 0 aromatic heterocycles. The fourth-order valence-electron chi connectivity index (χ4n) is 2.50. The van der Waals surface area contributed by atoms with Gasteiger partial charge in [-0.3, -0.25) is 4.79 Å². The van der Waals surface area contributed by atoms with Crippen LogP contribution in [0.1, 0.15) is 84.0 Å². The third-order valence-electron chi connectivity index (χ3n) is 4.10. The largest absolute Gasteiger partial charge is 1.00 e. The summed E-state index contributed by atoms with van der Waals surface area (Å²) in [6.07, 6.45) is 14.0. The van der Waals surface area contributed by atoms with Crippen molar-refractivity contribution in [3.8, 4) is 0 Å². The predicted molar refractivity (Wildman–Crippen MR) is 93.3 cm³/mol. The Bertz CT molecular complexity index is 401. The summed E-state index contributed by atoms with van der Waals surface area (Å²) in [4.78, 5) is 13.1. The fraction of sp³-hybridized carbons (Fsp3) is 0.941. The van der Waals surface area contributed by atoms with Crippen molar-refractivity contribution in [2.45, 2.75) is 84.0 Å². The van der Waals surface area contributed by atoms with E-state index in [2.05, 4.69) is 6.92 Å². The Morgan fingerprint density at radius 1 is 0.875 bits per heavy atom. The molecular weight excluding hydrogens is 353 g/mol. The van der Waals surface area contributed by atoms with Crippen LogP contribution in [0.4, 0.5) is 0 Å². The van der Waals surface area contributed by atoms with Crippen molar-refractivity contribution in [3.63, 3.8) is 0 Å². The van der Waals surface area contributed by atoms with Crippen LogP contribution in [0.2, 0.25) is 0 Å². The summed E-state index contributed by atoms with van der Waals surface area (Å²) in [7, 11) is -2.69. The van der Waals surface area contributed by atoms with Gasteiger partial charge in [-0.15, -0.1) is 0 Å². The molecule has 0 aromatic rings. The van der Waals surface area contributed by atoms with E-state index in [1.54, 1.807) is 7.05 Å². The zero-order chi connectivity index (χ0) is 17.6. The van der Waals surface area contributed by atoms with Crippen LogP contribution < -0.4 is 51.4 Å². The number of hydrogen-bond acceptors (Lipinski definition) is 4. The van der Waals surface area contributed by atoms with Crippen LogP contribution in [0, 0.1) is 0 Å². The summed E-state index contributed by atoms with van der Waals surface area (Å²) in [5.74, 6) is -0.586. The van der Waals surface area contributed by atoms with Crippen LogP contribution in [0.15, 0.2) is 0 Å². The van der Waals surface area contributed by atoms with E-state index < -0.39 is 15.9 Å². The van der Waals surface area contributed by atoms with Crippen LogP contribution in [0.3, 0.4) is 0 Å². The molecule has 0 N–H and O–H groups in total. The second kappa shape index (κ2) is 17.4. The maximum atomic E-state index is 11.7. The van der Waals surface area contributed by atoms with Crippen LogP contribution in [-0.2, 0) is 14.9 Å². The summed E-state index contributed by atoms with van der Waals surface area (Å²) in [5, 5.41) is 0. The molecule has 138 valence electrons. The van der Waals surface area contributed by atoms with E-state index in [0.29, 0.717) is 6.42 Å². The van der Waals surface area contributed by atoms with Gasteiger partial charge in [-0.05, 0) is 6.42 Å². The maximum Gasteiger partial charge on any atom is 1.00 e. The second-order valence-electron chi connectivity index (χ2n) is 6.36. The molecule has 0 fully saturated rings. The minimum Gasteiger partial charge on any atom is -0.748 e. The van der Waals surface area contributed by atoms with E-state index in [1.165, 1.54) is 56.3 Å². The Labute approximate surface area is 191 Å². The molecule has 0 bridgehead atoms.